The standard InChI is InChI=1S/C12H18BrN3O/c1-12(2,11(14)16-17)6-7-15-10-5-3-4-9(13)8-10/h3-5,8,15,17H,6-7H2,1-2H3,(H2,14,16). The molecule has 17 heavy (non-hydrogen) atoms. The van der Waals surface area contributed by atoms with Gasteiger partial charge in [0.15, 0.2) is 0 Å². The smallest absolute Gasteiger partial charge is 0.144 e. The van der Waals surface area contributed by atoms with Crippen LogP contribution in [0.2, 0.25) is 0 Å². The molecule has 0 fully saturated rings. The second-order valence-corrected chi connectivity index (χ2v) is 5.47. The Hall–Kier alpha value is -1.23. The number of nitrogens with one attached hydrogen (secondary N) is 1. The highest BCUT2D eigenvalue weighted by molar-refractivity contribution is 9.10. The van der Waals surface area contributed by atoms with Crippen LogP contribution < -0.4 is 11.1 Å². The molecule has 0 aromatic heterocycles. The molecule has 94 valence electrons. The number of hydrogen-bond acceptors (Lipinski definition) is 3. The summed E-state index contributed by atoms with van der Waals surface area (Å²) in [4.78, 5) is 0. The van der Waals surface area contributed by atoms with Gasteiger partial charge in [-0.25, -0.2) is 0 Å². The Balaban J connectivity index is 2.48. The van der Waals surface area contributed by atoms with Gasteiger partial charge in [0.2, 0.25) is 0 Å². The van der Waals surface area contributed by atoms with Crippen molar-refractivity contribution >= 4 is 27.5 Å². The SMILES string of the molecule is CC(C)(CCNc1cccc(Br)c1)C(N)=NO. The molecular formula is C12H18BrN3O. The zero-order valence-corrected chi connectivity index (χ0v) is 11.7. The number of amidine groups is 1. The number of oxime groups is 1. The highest BCUT2D eigenvalue weighted by Crippen LogP contribution is 2.21. The van der Waals surface area contributed by atoms with Gasteiger partial charge in [-0.15, -0.1) is 0 Å². The van der Waals surface area contributed by atoms with E-state index in [-0.39, 0.29) is 11.3 Å². The molecular weight excluding hydrogens is 282 g/mol. The van der Waals surface area contributed by atoms with Crippen molar-refractivity contribution in [3.8, 4) is 0 Å². The first-order valence-corrected chi connectivity index (χ1v) is 6.22. The third-order valence-electron chi connectivity index (χ3n) is 2.70. The Bertz CT molecular complexity index is 404. The summed E-state index contributed by atoms with van der Waals surface area (Å²) in [5.41, 5.74) is 6.36. The molecule has 0 spiro atoms. The Morgan fingerprint density at radius 1 is 1.53 bits per heavy atom. The molecule has 4 N–H and O–H groups in total. The Morgan fingerprint density at radius 3 is 2.82 bits per heavy atom. The van der Waals surface area contributed by atoms with Crippen LogP contribution in [-0.4, -0.2) is 17.6 Å². The van der Waals surface area contributed by atoms with Crippen LogP contribution in [0.1, 0.15) is 20.3 Å². The van der Waals surface area contributed by atoms with E-state index >= 15 is 0 Å². The summed E-state index contributed by atoms with van der Waals surface area (Å²) in [6.07, 6.45) is 0.787. The summed E-state index contributed by atoms with van der Waals surface area (Å²) < 4.78 is 1.04. The van der Waals surface area contributed by atoms with Gasteiger partial charge >= 0.3 is 0 Å². The molecule has 0 amide bonds. The molecule has 0 radical (unpaired) electrons. The van der Waals surface area contributed by atoms with Crippen LogP contribution in [0, 0.1) is 5.41 Å². The number of anilines is 1. The van der Waals surface area contributed by atoms with E-state index < -0.39 is 0 Å². The van der Waals surface area contributed by atoms with Gasteiger partial charge in [-0.2, -0.15) is 0 Å². The predicted octanol–water partition coefficient (Wildman–Crippen LogP) is 3.02. The third kappa shape index (κ3) is 4.26. The number of hydrogen-bond donors (Lipinski definition) is 3. The van der Waals surface area contributed by atoms with Gasteiger partial charge in [0, 0.05) is 22.1 Å². The van der Waals surface area contributed by atoms with E-state index in [0.717, 1.165) is 23.1 Å². The van der Waals surface area contributed by atoms with Crippen LogP contribution in [0.15, 0.2) is 33.9 Å². The maximum Gasteiger partial charge on any atom is 0.144 e. The van der Waals surface area contributed by atoms with Gasteiger partial charge in [-0.05, 0) is 24.6 Å². The summed E-state index contributed by atoms with van der Waals surface area (Å²) in [5, 5.41) is 15.0. The predicted molar refractivity (Wildman–Crippen MR) is 74.4 cm³/mol. The molecule has 1 aromatic carbocycles. The van der Waals surface area contributed by atoms with E-state index in [2.05, 4.69) is 26.4 Å². The first kappa shape index (κ1) is 13.8. The van der Waals surface area contributed by atoms with Crippen molar-refractivity contribution in [2.45, 2.75) is 20.3 Å². The number of halogens is 1. The minimum atomic E-state index is -0.312. The van der Waals surface area contributed by atoms with Gasteiger partial charge in [-0.3, -0.25) is 0 Å². The van der Waals surface area contributed by atoms with Crippen molar-refractivity contribution < 1.29 is 5.21 Å². The largest absolute Gasteiger partial charge is 0.409 e. The van der Waals surface area contributed by atoms with Crippen LogP contribution in [-0.2, 0) is 0 Å². The number of rotatable bonds is 5. The first-order chi connectivity index (χ1) is 7.95. The maximum absolute atomic E-state index is 8.66. The van der Waals surface area contributed by atoms with E-state index in [1.54, 1.807) is 0 Å². The molecule has 5 heteroatoms. The highest BCUT2D eigenvalue weighted by Gasteiger charge is 2.22. The molecule has 0 saturated heterocycles. The van der Waals surface area contributed by atoms with Gasteiger partial charge in [0.05, 0.1) is 0 Å². The first-order valence-electron chi connectivity index (χ1n) is 5.43. The fourth-order valence-corrected chi connectivity index (χ4v) is 1.78. The lowest BCUT2D eigenvalue weighted by Gasteiger charge is -2.23. The van der Waals surface area contributed by atoms with Crippen LogP contribution in [0.25, 0.3) is 0 Å². The van der Waals surface area contributed by atoms with Gasteiger partial charge in [0.1, 0.15) is 5.84 Å². The second kappa shape index (κ2) is 5.91. The van der Waals surface area contributed by atoms with E-state index in [0.29, 0.717) is 0 Å². The molecule has 0 saturated carbocycles. The molecule has 1 aromatic rings. The molecule has 0 aliphatic rings. The molecule has 0 unspecified atom stereocenters. The van der Waals surface area contributed by atoms with Crippen LogP contribution in [0.5, 0.6) is 0 Å². The lowest BCUT2D eigenvalue weighted by atomic mass is 9.88. The number of benzene rings is 1. The van der Waals surface area contributed by atoms with E-state index in [4.69, 9.17) is 10.9 Å². The van der Waals surface area contributed by atoms with Gasteiger partial charge in [-0.1, -0.05) is 41.0 Å². The number of nitrogens with two attached hydrogens (primary N) is 1. The maximum atomic E-state index is 8.66. The fraction of sp³-hybridized carbons (Fsp3) is 0.417. The van der Waals surface area contributed by atoms with Crippen LogP contribution >= 0.6 is 15.9 Å². The summed E-state index contributed by atoms with van der Waals surface area (Å²) in [6.45, 7) is 4.66. The van der Waals surface area contributed by atoms with Gasteiger partial charge in [0.25, 0.3) is 0 Å². The Labute approximate surface area is 110 Å². The van der Waals surface area contributed by atoms with Crippen molar-refractivity contribution in [2.75, 3.05) is 11.9 Å². The lowest BCUT2D eigenvalue weighted by Crippen LogP contribution is -2.33. The number of nitrogens with zero attached hydrogens (tertiary/aromatic N) is 1. The van der Waals surface area contributed by atoms with Crippen molar-refractivity contribution in [3.05, 3.63) is 28.7 Å². The summed E-state index contributed by atoms with van der Waals surface area (Å²) in [7, 11) is 0. The average molecular weight is 300 g/mol. The molecule has 0 heterocycles. The Kier molecular flexibility index (Phi) is 4.81. The average Bonchev–Trinajstić information content (AvgIpc) is 2.27. The van der Waals surface area contributed by atoms with Crippen molar-refractivity contribution in [2.24, 2.45) is 16.3 Å². The summed E-state index contributed by atoms with van der Waals surface area (Å²) >= 11 is 3.42. The third-order valence-corrected chi connectivity index (χ3v) is 3.20. The van der Waals surface area contributed by atoms with Crippen LogP contribution in [0.4, 0.5) is 5.69 Å². The zero-order valence-electron chi connectivity index (χ0n) is 10.1. The van der Waals surface area contributed by atoms with Crippen LogP contribution in [0.3, 0.4) is 0 Å². The minimum Gasteiger partial charge on any atom is -0.409 e. The van der Waals surface area contributed by atoms with E-state index in [1.165, 1.54) is 0 Å². The summed E-state index contributed by atoms with van der Waals surface area (Å²) in [6, 6.07) is 7.96. The topological polar surface area (TPSA) is 70.6 Å². The molecule has 0 bridgehead atoms. The van der Waals surface area contributed by atoms with E-state index in [9.17, 15) is 0 Å². The van der Waals surface area contributed by atoms with Crippen molar-refractivity contribution in [1.29, 1.82) is 0 Å². The van der Waals surface area contributed by atoms with E-state index in [1.807, 2.05) is 38.1 Å². The van der Waals surface area contributed by atoms with Gasteiger partial charge < -0.3 is 16.3 Å². The quantitative estimate of drug-likeness (QED) is 0.339. The van der Waals surface area contributed by atoms with Crippen molar-refractivity contribution in [1.82, 2.24) is 0 Å². The molecule has 0 aliphatic carbocycles. The summed E-state index contributed by atoms with van der Waals surface area (Å²) in [5.74, 6) is 0.258. The monoisotopic (exact) mass is 299 g/mol. The minimum absolute atomic E-state index is 0.258. The fourth-order valence-electron chi connectivity index (χ4n) is 1.38. The molecule has 0 atom stereocenters. The normalized spacial score (nSPS) is 12.5. The Morgan fingerprint density at radius 2 is 2.24 bits per heavy atom. The highest BCUT2D eigenvalue weighted by atomic mass is 79.9. The zero-order chi connectivity index (χ0) is 12.9. The second-order valence-electron chi connectivity index (χ2n) is 4.56. The molecule has 4 nitrogen and oxygen atoms in total. The molecule has 1 rings (SSSR count). The van der Waals surface area contributed by atoms with Crippen molar-refractivity contribution in [3.63, 3.8) is 0 Å². The molecule has 0 aliphatic heterocycles. The lowest BCUT2D eigenvalue weighted by molar-refractivity contribution is 0.306.